The minimum atomic E-state index is -1.06. The first-order valence-electron chi connectivity index (χ1n) is 6.99. The number of nitrogens with zero attached hydrogens (tertiary/aromatic N) is 1. The molecule has 6 nitrogen and oxygen atoms in total. The van der Waals surface area contributed by atoms with Crippen LogP contribution in [0.1, 0.15) is 40.6 Å². The fourth-order valence-corrected chi connectivity index (χ4v) is 2.38. The highest BCUT2D eigenvalue weighted by molar-refractivity contribution is 6.04. The number of aliphatic carboxylic acids is 1. The van der Waals surface area contributed by atoms with Gasteiger partial charge in [-0.25, -0.2) is 4.79 Å². The van der Waals surface area contributed by atoms with E-state index in [1.807, 2.05) is 19.1 Å². The zero-order valence-corrected chi connectivity index (χ0v) is 12.5. The molecule has 1 aromatic carbocycles. The molecule has 6 heteroatoms. The fourth-order valence-electron chi connectivity index (χ4n) is 2.38. The Labute approximate surface area is 127 Å². The molecule has 0 atom stereocenters. The Morgan fingerprint density at radius 3 is 2.59 bits per heavy atom. The van der Waals surface area contributed by atoms with Crippen LogP contribution in [-0.4, -0.2) is 34.1 Å². The average molecular weight is 303 g/mol. The van der Waals surface area contributed by atoms with Crippen molar-refractivity contribution in [3.05, 3.63) is 35.5 Å². The molecule has 22 heavy (non-hydrogen) atoms. The quantitative estimate of drug-likeness (QED) is 0.858. The topological polar surface area (TPSA) is 85.6 Å². The Balaban J connectivity index is 2.56. The predicted octanol–water partition coefficient (Wildman–Crippen LogP) is 2.63. The number of esters is 1. The second-order valence-electron chi connectivity index (χ2n) is 4.89. The van der Waals surface area contributed by atoms with Crippen molar-refractivity contribution in [3.63, 3.8) is 0 Å². The Morgan fingerprint density at radius 1 is 1.23 bits per heavy atom. The highest BCUT2D eigenvalue weighted by Crippen LogP contribution is 2.24. The predicted molar refractivity (Wildman–Crippen MR) is 80.1 cm³/mol. The molecule has 116 valence electrons. The van der Waals surface area contributed by atoms with Gasteiger partial charge in [0.2, 0.25) is 5.91 Å². The normalized spacial score (nSPS) is 10.6. The number of carbonyl (C=O) groups is 3. The number of aromatic nitrogens is 1. The molecule has 0 aliphatic rings. The number of fused-ring (bicyclic) bond motifs is 1. The number of para-hydroxylation sites is 1. The van der Waals surface area contributed by atoms with Gasteiger partial charge in [0.05, 0.1) is 18.5 Å². The molecular formula is C16H17NO5. The molecule has 0 aliphatic carbocycles. The molecule has 0 aliphatic heterocycles. The number of hydrogen-bond donors (Lipinski definition) is 1. The van der Waals surface area contributed by atoms with Crippen LogP contribution < -0.4 is 0 Å². The van der Waals surface area contributed by atoms with E-state index in [0.29, 0.717) is 5.52 Å². The summed E-state index contributed by atoms with van der Waals surface area (Å²) < 4.78 is 6.25. The van der Waals surface area contributed by atoms with Crippen LogP contribution in [-0.2, 0) is 9.53 Å². The van der Waals surface area contributed by atoms with E-state index in [2.05, 4.69) is 0 Å². The van der Waals surface area contributed by atoms with Crippen LogP contribution in [0.15, 0.2) is 24.3 Å². The first-order chi connectivity index (χ1) is 10.5. The Kier molecular flexibility index (Phi) is 4.60. The number of carbonyl (C=O) groups excluding carboxylic acids is 2. The van der Waals surface area contributed by atoms with Gasteiger partial charge in [-0.05, 0) is 25.5 Å². The van der Waals surface area contributed by atoms with Crippen molar-refractivity contribution in [1.82, 2.24) is 4.57 Å². The number of carboxylic acids is 1. The van der Waals surface area contributed by atoms with Crippen molar-refractivity contribution in [3.8, 4) is 0 Å². The van der Waals surface area contributed by atoms with Crippen molar-refractivity contribution in [1.29, 1.82) is 0 Å². The summed E-state index contributed by atoms with van der Waals surface area (Å²) in [5.74, 6) is -2.09. The second-order valence-corrected chi connectivity index (χ2v) is 4.89. The summed E-state index contributed by atoms with van der Waals surface area (Å²) >= 11 is 0. The molecule has 0 unspecified atom stereocenters. The lowest BCUT2D eigenvalue weighted by Crippen LogP contribution is -2.19. The maximum absolute atomic E-state index is 12.4. The van der Waals surface area contributed by atoms with Crippen LogP contribution >= 0.6 is 0 Å². The smallest absolute Gasteiger partial charge is 0.355 e. The van der Waals surface area contributed by atoms with Crippen LogP contribution in [0.2, 0.25) is 0 Å². The lowest BCUT2D eigenvalue weighted by atomic mass is 10.1. The van der Waals surface area contributed by atoms with E-state index in [-0.39, 0.29) is 25.1 Å². The summed E-state index contributed by atoms with van der Waals surface area (Å²) in [6.07, 6.45) is -0.466. The summed E-state index contributed by atoms with van der Waals surface area (Å²) in [6.45, 7) is 3.71. The van der Waals surface area contributed by atoms with Crippen LogP contribution in [0.5, 0.6) is 0 Å². The zero-order chi connectivity index (χ0) is 16.3. The summed E-state index contributed by atoms with van der Waals surface area (Å²) in [5.41, 5.74) is 1.57. The fraction of sp³-hybridized carbons (Fsp3) is 0.312. The number of benzene rings is 1. The Morgan fingerprint density at radius 2 is 1.95 bits per heavy atom. The van der Waals surface area contributed by atoms with Gasteiger partial charge in [0.25, 0.3) is 0 Å². The first-order valence-corrected chi connectivity index (χ1v) is 6.99. The van der Waals surface area contributed by atoms with Gasteiger partial charge in [-0.3, -0.25) is 14.2 Å². The number of carboxylic acid groups (broad SMARTS) is 1. The van der Waals surface area contributed by atoms with E-state index in [1.165, 1.54) is 4.57 Å². The molecule has 0 saturated carbocycles. The van der Waals surface area contributed by atoms with E-state index in [0.717, 1.165) is 10.9 Å². The van der Waals surface area contributed by atoms with Crippen LogP contribution in [0.25, 0.3) is 10.9 Å². The van der Waals surface area contributed by atoms with E-state index in [9.17, 15) is 14.4 Å². The molecule has 2 rings (SSSR count). The maximum Gasteiger partial charge on any atom is 0.355 e. The molecule has 0 fully saturated rings. The molecule has 1 heterocycles. The molecule has 0 radical (unpaired) electrons. The van der Waals surface area contributed by atoms with Crippen molar-refractivity contribution in [2.75, 3.05) is 6.61 Å². The summed E-state index contributed by atoms with van der Waals surface area (Å²) in [6, 6.07) is 7.06. The third-order valence-corrected chi connectivity index (χ3v) is 3.31. The molecule has 2 aromatic rings. The maximum atomic E-state index is 12.4. The van der Waals surface area contributed by atoms with E-state index >= 15 is 0 Å². The van der Waals surface area contributed by atoms with Gasteiger partial charge in [0, 0.05) is 11.8 Å². The SMILES string of the molecule is CCOC(=O)c1cc2cccc(C)c2n1C(=O)CCC(=O)O. The van der Waals surface area contributed by atoms with Crippen LogP contribution in [0.3, 0.4) is 0 Å². The number of aryl methyl sites for hydroxylation is 1. The highest BCUT2D eigenvalue weighted by Gasteiger charge is 2.22. The van der Waals surface area contributed by atoms with Crippen molar-refractivity contribution >= 4 is 28.7 Å². The van der Waals surface area contributed by atoms with Crippen LogP contribution in [0.4, 0.5) is 0 Å². The minimum Gasteiger partial charge on any atom is -0.481 e. The van der Waals surface area contributed by atoms with Gasteiger partial charge < -0.3 is 9.84 Å². The Hall–Kier alpha value is -2.63. The second kappa shape index (κ2) is 6.43. The van der Waals surface area contributed by atoms with Crippen molar-refractivity contribution in [2.24, 2.45) is 0 Å². The van der Waals surface area contributed by atoms with Gasteiger partial charge >= 0.3 is 11.9 Å². The van der Waals surface area contributed by atoms with Crippen molar-refractivity contribution in [2.45, 2.75) is 26.7 Å². The van der Waals surface area contributed by atoms with Gasteiger partial charge in [0.1, 0.15) is 5.69 Å². The molecular weight excluding hydrogens is 286 g/mol. The number of ether oxygens (including phenoxy) is 1. The van der Waals surface area contributed by atoms with E-state index in [1.54, 1.807) is 19.1 Å². The van der Waals surface area contributed by atoms with Gasteiger partial charge in [-0.1, -0.05) is 18.2 Å². The lowest BCUT2D eigenvalue weighted by Gasteiger charge is -2.09. The number of rotatable bonds is 5. The lowest BCUT2D eigenvalue weighted by molar-refractivity contribution is -0.137. The largest absolute Gasteiger partial charge is 0.481 e. The molecule has 0 spiro atoms. The molecule has 1 aromatic heterocycles. The molecule has 0 saturated heterocycles. The zero-order valence-electron chi connectivity index (χ0n) is 12.5. The summed E-state index contributed by atoms with van der Waals surface area (Å²) in [5, 5.41) is 9.48. The minimum absolute atomic E-state index is 0.126. The first kappa shape index (κ1) is 15.8. The van der Waals surface area contributed by atoms with Crippen molar-refractivity contribution < 1.29 is 24.2 Å². The summed E-state index contributed by atoms with van der Waals surface area (Å²) in [4.78, 5) is 35.1. The van der Waals surface area contributed by atoms with Gasteiger partial charge in [-0.2, -0.15) is 0 Å². The van der Waals surface area contributed by atoms with Gasteiger partial charge in [-0.15, -0.1) is 0 Å². The van der Waals surface area contributed by atoms with Gasteiger partial charge in [0.15, 0.2) is 0 Å². The highest BCUT2D eigenvalue weighted by atomic mass is 16.5. The van der Waals surface area contributed by atoms with E-state index < -0.39 is 17.8 Å². The number of hydrogen-bond acceptors (Lipinski definition) is 4. The third kappa shape index (κ3) is 3.00. The Bertz CT molecular complexity index is 744. The molecule has 1 N–H and O–H groups in total. The van der Waals surface area contributed by atoms with Crippen LogP contribution in [0, 0.1) is 6.92 Å². The molecule has 0 bridgehead atoms. The average Bonchev–Trinajstić information content (AvgIpc) is 2.86. The third-order valence-electron chi connectivity index (χ3n) is 3.31. The van der Waals surface area contributed by atoms with E-state index in [4.69, 9.17) is 9.84 Å². The summed E-state index contributed by atoms with van der Waals surface area (Å²) in [7, 11) is 0. The molecule has 0 amide bonds. The standard InChI is InChI=1S/C16H17NO5/c1-3-22-16(21)12-9-11-6-4-5-10(2)15(11)17(12)13(18)7-8-14(19)20/h4-6,9H,3,7-8H2,1-2H3,(H,19,20). The monoisotopic (exact) mass is 303 g/mol.